The molecule has 1 amide bonds. The van der Waals surface area contributed by atoms with E-state index < -0.39 is 0 Å². The van der Waals surface area contributed by atoms with E-state index in [4.69, 9.17) is 0 Å². The molecule has 7 nitrogen and oxygen atoms in total. The lowest BCUT2D eigenvalue weighted by atomic mass is 10.1. The highest BCUT2D eigenvalue weighted by atomic mass is 16.1. The molecule has 0 aliphatic carbocycles. The lowest BCUT2D eigenvalue weighted by molar-refractivity contribution is 0.0954. The average molecular weight is 415 g/mol. The van der Waals surface area contributed by atoms with Crippen molar-refractivity contribution in [2.75, 3.05) is 6.54 Å². The normalized spacial score (nSPS) is 11.0. The predicted octanol–water partition coefficient (Wildman–Crippen LogP) is 3.66. The summed E-state index contributed by atoms with van der Waals surface area (Å²) >= 11 is 0. The number of hydrogen-bond acceptors (Lipinski definition) is 4. The van der Waals surface area contributed by atoms with Gasteiger partial charge in [-0.05, 0) is 76.1 Å². The van der Waals surface area contributed by atoms with Crippen LogP contribution in [0.25, 0.3) is 11.5 Å². The van der Waals surface area contributed by atoms with Crippen molar-refractivity contribution in [2.24, 2.45) is 0 Å². The predicted molar refractivity (Wildman–Crippen MR) is 120 cm³/mol. The standard InChI is InChI=1S/C24H26N6O/c1-16-13-18(3)29(27-16)22-8-5-20(6-9-22)11-12-25-24(31)21-7-10-23(26-15-21)30-19(4)14-17(2)28-30/h5-10,13-15H,11-12H2,1-4H3,(H,25,31). The first kappa shape index (κ1) is 20.5. The third-order valence-corrected chi connectivity index (χ3v) is 5.13. The molecule has 0 bridgehead atoms. The minimum atomic E-state index is -0.133. The first-order chi connectivity index (χ1) is 14.9. The molecule has 0 aliphatic rings. The Morgan fingerprint density at radius 3 is 2.06 bits per heavy atom. The number of hydrogen-bond donors (Lipinski definition) is 1. The second-order valence-corrected chi connectivity index (χ2v) is 7.76. The lowest BCUT2D eigenvalue weighted by Gasteiger charge is -2.08. The zero-order valence-corrected chi connectivity index (χ0v) is 18.3. The summed E-state index contributed by atoms with van der Waals surface area (Å²) in [5.41, 5.74) is 6.77. The van der Waals surface area contributed by atoms with E-state index in [1.54, 1.807) is 16.9 Å². The molecule has 4 aromatic rings. The fourth-order valence-electron chi connectivity index (χ4n) is 3.62. The summed E-state index contributed by atoms with van der Waals surface area (Å²) in [4.78, 5) is 16.8. The monoisotopic (exact) mass is 414 g/mol. The second kappa shape index (κ2) is 8.55. The highest BCUT2D eigenvalue weighted by molar-refractivity contribution is 5.93. The van der Waals surface area contributed by atoms with Gasteiger partial charge in [-0.1, -0.05) is 12.1 Å². The van der Waals surface area contributed by atoms with E-state index in [0.717, 1.165) is 40.4 Å². The van der Waals surface area contributed by atoms with Gasteiger partial charge in [0.05, 0.1) is 22.6 Å². The zero-order valence-electron chi connectivity index (χ0n) is 18.3. The minimum absolute atomic E-state index is 0.133. The summed E-state index contributed by atoms with van der Waals surface area (Å²) in [6.07, 6.45) is 2.34. The molecule has 7 heteroatoms. The maximum absolute atomic E-state index is 12.4. The van der Waals surface area contributed by atoms with Gasteiger partial charge in [0.15, 0.2) is 5.82 Å². The van der Waals surface area contributed by atoms with Crippen molar-refractivity contribution in [3.63, 3.8) is 0 Å². The number of aryl methyl sites for hydroxylation is 4. The number of rotatable bonds is 6. The molecule has 0 atom stereocenters. The van der Waals surface area contributed by atoms with Gasteiger partial charge in [-0.2, -0.15) is 10.2 Å². The van der Waals surface area contributed by atoms with Crippen molar-refractivity contribution in [3.05, 3.63) is 88.6 Å². The first-order valence-electron chi connectivity index (χ1n) is 10.3. The van der Waals surface area contributed by atoms with Crippen molar-refractivity contribution < 1.29 is 4.79 Å². The zero-order chi connectivity index (χ0) is 22.0. The fourth-order valence-corrected chi connectivity index (χ4v) is 3.62. The number of pyridine rings is 1. The van der Waals surface area contributed by atoms with E-state index in [0.29, 0.717) is 17.9 Å². The summed E-state index contributed by atoms with van der Waals surface area (Å²) < 4.78 is 3.70. The van der Waals surface area contributed by atoms with Crippen LogP contribution in [0.4, 0.5) is 0 Å². The van der Waals surface area contributed by atoms with Crippen LogP contribution in [-0.2, 0) is 6.42 Å². The Kier molecular flexibility index (Phi) is 5.66. The van der Waals surface area contributed by atoms with Gasteiger partial charge in [-0.15, -0.1) is 0 Å². The van der Waals surface area contributed by atoms with E-state index in [2.05, 4.69) is 50.8 Å². The number of carbonyl (C=O) groups excluding carboxylic acids is 1. The van der Waals surface area contributed by atoms with Gasteiger partial charge in [0.25, 0.3) is 5.91 Å². The Bertz CT molecular complexity index is 1200. The smallest absolute Gasteiger partial charge is 0.252 e. The fraction of sp³-hybridized carbons (Fsp3) is 0.250. The van der Waals surface area contributed by atoms with Crippen LogP contribution in [0.1, 0.15) is 38.7 Å². The van der Waals surface area contributed by atoms with Gasteiger partial charge in [-0.3, -0.25) is 4.79 Å². The maximum Gasteiger partial charge on any atom is 0.252 e. The molecule has 0 saturated heterocycles. The van der Waals surface area contributed by atoms with Crippen LogP contribution in [0.15, 0.2) is 54.7 Å². The highest BCUT2D eigenvalue weighted by Gasteiger charge is 2.09. The number of nitrogens with one attached hydrogen (secondary N) is 1. The first-order valence-corrected chi connectivity index (χ1v) is 10.3. The minimum Gasteiger partial charge on any atom is -0.352 e. The number of aromatic nitrogens is 5. The summed E-state index contributed by atoms with van der Waals surface area (Å²) in [5.74, 6) is 0.566. The molecule has 0 unspecified atom stereocenters. The molecule has 1 aromatic carbocycles. The SMILES string of the molecule is Cc1cc(C)n(-c2ccc(CCNC(=O)c3ccc(-n4nc(C)cc4C)nc3)cc2)n1. The molecule has 4 rings (SSSR count). The molecule has 0 aliphatic heterocycles. The van der Waals surface area contributed by atoms with Gasteiger partial charge < -0.3 is 5.32 Å². The largest absolute Gasteiger partial charge is 0.352 e. The quantitative estimate of drug-likeness (QED) is 0.522. The van der Waals surface area contributed by atoms with Crippen LogP contribution in [0.5, 0.6) is 0 Å². The molecule has 1 N–H and O–H groups in total. The van der Waals surface area contributed by atoms with Gasteiger partial charge in [-0.25, -0.2) is 14.3 Å². The summed E-state index contributed by atoms with van der Waals surface area (Å²) in [5, 5.41) is 11.9. The van der Waals surface area contributed by atoms with Crippen LogP contribution < -0.4 is 5.32 Å². The molecule has 0 radical (unpaired) electrons. The van der Waals surface area contributed by atoms with Crippen molar-refractivity contribution in [1.82, 2.24) is 29.9 Å². The average Bonchev–Trinajstić information content (AvgIpc) is 3.28. The molecule has 3 heterocycles. The van der Waals surface area contributed by atoms with Crippen LogP contribution in [0.2, 0.25) is 0 Å². The number of benzene rings is 1. The third kappa shape index (κ3) is 4.55. The van der Waals surface area contributed by atoms with E-state index in [-0.39, 0.29) is 5.91 Å². The Balaban J connectivity index is 1.33. The van der Waals surface area contributed by atoms with Crippen LogP contribution in [0.3, 0.4) is 0 Å². The summed E-state index contributed by atoms with van der Waals surface area (Å²) in [7, 11) is 0. The second-order valence-electron chi connectivity index (χ2n) is 7.76. The van der Waals surface area contributed by atoms with Crippen molar-refractivity contribution >= 4 is 5.91 Å². The van der Waals surface area contributed by atoms with Crippen molar-refractivity contribution in [3.8, 4) is 11.5 Å². The molecular formula is C24H26N6O. The highest BCUT2D eigenvalue weighted by Crippen LogP contribution is 2.14. The maximum atomic E-state index is 12.4. The summed E-state index contributed by atoms with van der Waals surface area (Å²) in [6, 6.07) is 15.9. The number of carbonyl (C=O) groups is 1. The van der Waals surface area contributed by atoms with Crippen LogP contribution in [-0.4, -0.2) is 37.0 Å². The summed E-state index contributed by atoms with van der Waals surface area (Å²) in [6.45, 7) is 8.51. The third-order valence-electron chi connectivity index (χ3n) is 5.13. The molecule has 0 spiro atoms. The number of nitrogens with zero attached hydrogens (tertiary/aromatic N) is 5. The van der Waals surface area contributed by atoms with Crippen molar-refractivity contribution in [1.29, 1.82) is 0 Å². The van der Waals surface area contributed by atoms with E-state index in [1.807, 2.05) is 44.5 Å². The Hall–Kier alpha value is -3.74. The van der Waals surface area contributed by atoms with Gasteiger partial charge in [0.2, 0.25) is 0 Å². The van der Waals surface area contributed by atoms with Gasteiger partial charge in [0, 0.05) is 24.1 Å². The Morgan fingerprint density at radius 1 is 0.871 bits per heavy atom. The lowest BCUT2D eigenvalue weighted by Crippen LogP contribution is -2.25. The Labute approximate surface area is 181 Å². The molecule has 158 valence electrons. The van der Waals surface area contributed by atoms with Gasteiger partial charge in [0.1, 0.15) is 0 Å². The van der Waals surface area contributed by atoms with Crippen molar-refractivity contribution in [2.45, 2.75) is 34.1 Å². The molecular weight excluding hydrogens is 388 g/mol. The molecule has 0 fully saturated rings. The topological polar surface area (TPSA) is 77.6 Å². The van der Waals surface area contributed by atoms with Gasteiger partial charge >= 0.3 is 0 Å². The number of amides is 1. The molecule has 3 aromatic heterocycles. The van der Waals surface area contributed by atoms with E-state index in [1.165, 1.54) is 0 Å². The molecule has 0 saturated carbocycles. The van der Waals surface area contributed by atoms with E-state index in [9.17, 15) is 4.79 Å². The van der Waals surface area contributed by atoms with Crippen LogP contribution >= 0.6 is 0 Å². The van der Waals surface area contributed by atoms with E-state index >= 15 is 0 Å². The Morgan fingerprint density at radius 2 is 1.52 bits per heavy atom. The molecule has 31 heavy (non-hydrogen) atoms. The van der Waals surface area contributed by atoms with Crippen LogP contribution in [0, 0.1) is 27.7 Å².